The number of nitrogens with zero attached hydrogens (tertiary/aromatic N) is 3. The monoisotopic (exact) mass is 808 g/mol. The fourth-order valence-corrected chi connectivity index (χ4v) is 8.91. The lowest BCUT2D eigenvalue weighted by Gasteiger charge is -2.34. The molecule has 0 spiro atoms. The average molecular weight is 809 g/mol. The molecule has 16 heteroatoms. The van der Waals surface area contributed by atoms with Crippen molar-refractivity contribution in [2.45, 2.75) is 91.1 Å². The van der Waals surface area contributed by atoms with E-state index in [0.29, 0.717) is 51.3 Å². The van der Waals surface area contributed by atoms with E-state index in [1.165, 1.54) is 22.7 Å². The predicted octanol–water partition coefficient (Wildman–Crippen LogP) is 5.52. The predicted molar refractivity (Wildman–Crippen MR) is 218 cm³/mol. The van der Waals surface area contributed by atoms with E-state index >= 15 is 0 Å². The van der Waals surface area contributed by atoms with Crippen molar-refractivity contribution in [2.75, 3.05) is 10.6 Å². The zero-order valence-corrected chi connectivity index (χ0v) is 33.9. The first kappa shape index (κ1) is 42.1. The molecule has 2 atom stereocenters. The molecule has 2 aromatic carbocycles. The molecule has 0 radical (unpaired) electrons. The van der Waals surface area contributed by atoms with Crippen LogP contribution in [0.25, 0.3) is 0 Å². The molecule has 5 amide bonds. The van der Waals surface area contributed by atoms with Crippen molar-refractivity contribution in [1.29, 1.82) is 10.5 Å². The molecule has 14 nitrogen and oxygen atoms in total. The van der Waals surface area contributed by atoms with Gasteiger partial charge in [-0.15, -0.1) is 22.7 Å². The summed E-state index contributed by atoms with van der Waals surface area (Å²) in [7, 11) is 0. The maximum absolute atomic E-state index is 12.6. The number of amides is 5. The topological polar surface area (TPSA) is 234 Å². The summed E-state index contributed by atoms with van der Waals surface area (Å²) < 4.78 is 5.51. The summed E-state index contributed by atoms with van der Waals surface area (Å²) in [6.45, 7) is 10.4. The van der Waals surface area contributed by atoms with Crippen molar-refractivity contribution in [3.05, 3.63) is 103 Å². The van der Waals surface area contributed by atoms with Crippen molar-refractivity contribution in [3.8, 4) is 12.1 Å². The Labute approximate surface area is 338 Å². The molecule has 0 aliphatic carbocycles. The summed E-state index contributed by atoms with van der Waals surface area (Å²) >= 11 is 2.85. The van der Waals surface area contributed by atoms with Gasteiger partial charge in [0.1, 0.15) is 27.7 Å². The Hall–Kier alpha value is -6.07. The molecule has 4 aromatic rings. The summed E-state index contributed by atoms with van der Waals surface area (Å²) in [5.74, 6) is -1.49. The standard InChI is InChI=1S/C23H26N4O4S.C18H18N4O2S/c1-13-9-18-17(12-27(13)22(30)31-23(2,3)4)16(11-24)21(32-18)26-19(28)10-14-5-7-15(8-6-14)20(25)29;1-10-6-15-14(9-21-10)13(8-19)18(25-15)22-16(23)7-11-2-4-12(5-3-11)17(20)24/h5-8,13H,9-10,12H2,1-4H3,(H2,25,29)(H,26,28);2-5,10,21H,6-7,9H2,1H3,(H2,20,24)(H,22,23). The maximum Gasteiger partial charge on any atom is 0.410 e. The van der Waals surface area contributed by atoms with Crippen LogP contribution in [0.3, 0.4) is 0 Å². The van der Waals surface area contributed by atoms with Gasteiger partial charge in [0, 0.05) is 51.5 Å². The van der Waals surface area contributed by atoms with Crippen LogP contribution in [-0.2, 0) is 53.1 Å². The summed E-state index contributed by atoms with van der Waals surface area (Å²) in [5.41, 5.74) is 14.8. The van der Waals surface area contributed by atoms with Gasteiger partial charge < -0.3 is 37.1 Å². The minimum absolute atomic E-state index is 0.0881. The largest absolute Gasteiger partial charge is 0.444 e. The van der Waals surface area contributed by atoms with E-state index in [2.05, 4.69) is 35.0 Å². The van der Waals surface area contributed by atoms with Gasteiger partial charge in [0.2, 0.25) is 23.6 Å². The van der Waals surface area contributed by atoms with Crippen LogP contribution in [0.15, 0.2) is 48.5 Å². The Morgan fingerprint density at radius 2 is 1.25 bits per heavy atom. The van der Waals surface area contributed by atoms with Gasteiger partial charge in [-0.1, -0.05) is 24.3 Å². The quantitative estimate of drug-likeness (QED) is 0.151. The molecule has 2 unspecified atom stereocenters. The number of hydrogen-bond acceptors (Lipinski definition) is 11. The molecular formula is C41H44N8O6S2. The SMILES string of the molecule is CC1Cc2sc(NC(=O)Cc3ccc(C(N)=O)cc3)c(C#N)c2CN1.CC1Cc2sc(NC(=O)Cc3ccc(C(N)=O)cc3)c(C#N)c2CN1C(=O)OC(C)(C)C. The van der Waals surface area contributed by atoms with Gasteiger partial charge in [-0.25, -0.2) is 4.79 Å². The van der Waals surface area contributed by atoms with Crippen LogP contribution in [0.4, 0.5) is 14.8 Å². The van der Waals surface area contributed by atoms with Crippen LogP contribution < -0.4 is 27.4 Å². The third-order valence-electron chi connectivity index (χ3n) is 9.21. The lowest BCUT2D eigenvalue weighted by molar-refractivity contribution is -0.116. The molecule has 0 saturated carbocycles. The van der Waals surface area contributed by atoms with Gasteiger partial charge in [0.25, 0.3) is 0 Å². The van der Waals surface area contributed by atoms with Crippen molar-refractivity contribution < 1.29 is 28.7 Å². The van der Waals surface area contributed by atoms with Crippen LogP contribution in [0.5, 0.6) is 0 Å². The molecule has 296 valence electrons. The number of hydrogen-bond donors (Lipinski definition) is 5. The number of nitrogens with one attached hydrogen (secondary N) is 3. The highest BCUT2D eigenvalue weighted by Crippen LogP contribution is 2.39. The fraction of sp³-hybridized carbons (Fsp3) is 0.341. The molecule has 7 N–H and O–H groups in total. The number of anilines is 2. The number of ether oxygens (including phenoxy) is 1. The van der Waals surface area contributed by atoms with Gasteiger partial charge in [-0.2, -0.15) is 10.5 Å². The number of carbonyl (C=O) groups is 5. The summed E-state index contributed by atoms with van der Waals surface area (Å²) in [6.07, 6.45) is 1.28. The minimum atomic E-state index is -0.613. The Balaban J connectivity index is 0.000000224. The summed E-state index contributed by atoms with van der Waals surface area (Å²) in [4.78, 5) is 63.5. The summed E-state index contributed by atoms with van der Waals surface area (Å²) in [5, 5.41) is 29.3. The molecule has 0 bridgehead atoms. The van der Waals surface area contributed by atoms with E-state index < -0.39 is 23.5 Å². The normalized spacial score (nSPS) is 15.7. The molecule has 0 saturated heterocycles. The second kappa shape index (κ2) is 17.8. The van der Waals surface area contributed by atoms with Crippen molar-refractivity contribution in [3.63, 3.8) is 0 Å². The highest BCUT2D eigenvalue weighted by Gasteiger charge is 2.34. The second-order valence-corrected chi connectivity index (χ2v) is 17.1. The van der Waals surface area contributed by atoms with E-state index in [-0.39, 0.29) is 37.2 Å². The Morgan fingerprint density at radius 1 is 0.789 bits per heavy atom. The molecule has 4 heterocycles. The molecule has 0 fully saturated rings. The molecular weight excluding hydrogens is 765 g/mol. The average Bonchev–Trinajstić information content (AvgIpc) is 3.65. The number of thiophene rings is 2. The zero-order chi connectivity index (χ0) is 41.6. The number of carbonyl (C=O) groups excluding carboxylic acids is 5. The van der Waals surface area contributed by atoms with E-state index in [1.807, 2.05) is 27.7 Å². The number of primary amides is 2. The van der Waals surface area contributed by atoms with Crippen LogP contribution in [0.2, 0.25) is 0 Å². The maximum atomic E-state index is 12.6. The first-order chi connectivity index (χ1) is 27.0. The minimum Gasteiger partial charge on any atom is -0.444 e. The third-order valence-corrected chi connectivity index (χ3v) is 11.5. The van der Waals surface area contributed by atoms with Gasteiger partial charge >= 0.3 is 6.09 Å². The van der Waals surface area contributed by atoms with Crippen molar-refractivity contribution in [2.24, 2.45) is 11.5 Å². The molecule has 2 aliphatic rings. The van der Waals surface area contributed by atoms with Gasteiger partial charge in [-0.3, -0.25) is 19.2 Å². The van der Waals surface area contributed by atoms with E-state index in [4.69, 9.17) is 16.2 Å². The van der Waals surface area contributed by atoms with Crippen LogP contribution in [-0.4, -0.2) is 52.3 Å². The van der Waals surface area contributed by atoms with E-state index in [9.17, 15) is 34.5 Å². The summed E-state index contributed by atoms with van der Waals surface area (Å²) in [6, 6.07) is 17.8. The van der Waals surface area contributed by atoms with Gasteiger partial charge in [0.15, 0.2) is 0 Å². The molecule has 6 rings (SSSR count). The lowest BCUT2D eigenvalue weighted by atomic mass is 10.0. The molecule has 2 aliphatic heterocycles. The smallest absolute Gasteiger partial charge is 0.410 e. The number of fused-ring (bicyclic) bond motifs is 2. The van der Waals surface area contributed by atoms with Crippen LogP contribution in [0, 0.1) is 22.7 Å². The Kier molecular flexibility index (Phi) is 13.1. The molecule has 57 heavy (non-hydrogen) atoms. The van der Waals surface area contributed by atoms with Gasteiger partial charge in [-0.05, 0) is 82.0 Å². The highest BCUT2D eigenvalue weighted by molar-refractivity contribution is 7.17. The number of benzene rings is 2. The number of nitriles is 2. The lowest BCUT2D eigenvalue weighted by Crippen LogP contribution is -2.44. The third kappa shape index (κ3) is 10.6. The first-order valence-corrected chi connectivity index (χ1v) is 19.8. The molecule has 2 aromatic heterocycles. The second-order valence-electron chi connectivity index (χ2n) is 14.9. The number of nitrogens with two attached hydrogens (primary N) is 2. The van der Waals surface area contributed by atoms with E-state index in [1.54, 1.807) is 53.4 Å². The van der Waals surface area contributed by atoms with Crippen molar-refractivity contribution >= 4 is 62.4 Å². The van der Waals surface area contributed by atoms with Crippen LogP contribution in [0.1, 0.15) is 98.5 Å². The van der Waals surface area contributed by atoms with Crippen molar-refractivity contribution in [1.82, 2.24) is 10.2 Å². The van der Waals surface area contributed by atoms with Gasteiger partial charge in [0.05, 0.1) is 30.5 Å². The fourth-order valence-electron chi connectivity index (χ4n) is 6.30. The van der Waals surface area contributed by atoms with E-state index in [0.717, 1.165) is 38.4 Å². The first-order valence-electron chi connectivity index (χ1n) is 18.2. The number of rotatable bonds is 8. The highest BCUT2D eigenvalue weighted by atomic mass is 32.1. The Morgan fingerprint density at radius 3 is 1.68 bits per heavy atom. The van der Waals surface area contributed by atoms with Crippen LogP contribution >= 0.6 is 22.7 Å². The Bertz CT molecular complexity index is 2280. The zero-order valence-electron chi connectivity index (χ0n) is 32.3.